The van der Waals surface area contributed by atoms with Gasteiger partial charge in [-0.15, -0.1) is 11.3 Å². The number of benzene rings is 1. The Morgan fingerprint density at radius 3 is 2.59 bits per heavy atom. The van der Waals surface area contributed by atoms with Gasteiger partial charge < -0.3 is 10.6 Å². The van der Waals surface area contributed by atoms with E-state index in [1.165, 1.54) is 11.3 Å². The van der Waals surface area contributed by atoms with Crippen LogP contribution in [0.4, 0.5) is 24.0 Å². The molecule has 0 saturated heterocycles. The molecular formula is C27H26BrClF3N5OS. The minimum absolute atomic E-state index is 0.0673. The molecule has 6 nitrogen and oxygen atoms in total. The second-order valence-corrected chi connectivity index (χ2v) is 13.5. The summed E-state index contributed by atoms with van der Waals surface area (Å²) >= 11 is 11.2. The van der Waals surface area contributed by atoms with E-state index in [2.05, 4.69) is 58.5 Å². The van der Waals surface area contributed by atoms with E-state index in [1.807, 2.05) is 0 Å². The molecule has 206 valence electrons. The first-order chi connectivity index (χ1) is 18.3. The Labute approximate surface area is 241 Å². The lowest BCUT2D eigenvalue weighted by Crippen LogP contribution is -2.35. The van der Waals surface area contributed by atoms with Gasteiger partial charge in [0.05, 0.1) is 11.6 Å². The molecule has 39 heavy (non-hydrogen) atoms. The summed E-state index contributed by atoms with van der Waals surface area (Å²) in [6.07, 6.45) is -2.44. The van der Waals surface area contributed by atoms with Crippen molar-refractivity contribution in [1.29, 1.82) is 5.26 Å². The van der Waals surface area contributed by atoms with Crippen molar-refractivity contribution in [2.24, 2.45) is 11.3 Å². The first kappa shape index (κ1) is 28.0. The molecular weight excluding hydrogens is 615 g/mol. The van der Waals surface area contributed by atoms with Crippen molar-refractivity contribution >= 4 is 55.6 Å². The van der Waals surface area contributed by atoms with Gasteiger partial charge >= 0.3 is 6.18 Å². The third-order valence-corrected chi connectivity index (χ3v) is 9.67. The van der Waals surface area contributed by atoms with Gasteiger partial charge in [-0.05, 0) is 53.9 Å². The fraction of sp³-hybridized carbons (Fsp3) is 0.444. The monoisotopic (exact) mass is 639 g/mol. The van der Waals surface area contributed by atoms with Crippen LogP contribution in [0.2, 0.25) is 5.02 Å². The number of halogens is 5. The molecule has 1 aliphatic carbocycles. The standard InChI is InChI=1S/C27H26BrClF3N5OS/c1-26(2,3)14-6-9-16-17(12-33)25(39-19(16)10-14)35-24(38)22-21(29)23-34-18(13-4-7-15(28)8-5-13)11-20(27(30,31)32)37(23)36-22/h4-5,7-8,14,18,20,34H,6,9-11H2,1-3H3,(H,35,38)/t14-,18+,20+/m0/s1. The summed E-state index contributed by atoms with van der Waals surface area (Å²) in [6, 6.07) is 6.51. The van der Waals surface area contributed by atoms with Crippen molar-refractivity contribution in [3.8, 4) is 6.07 Å². The summed E-state index contributed by atoms with van der Waals surface area (Å²) in [7, 11) is 0. The molecule has 0 radical (unpaired) electrons. The Hall–Kier alpha value is -2.55. The second-order valence-electron chi connectivity index (χ2n) is 11.1. The Kier molecular flexibility index (Phi) is 7.27. The normalized spacial score (nSPS) is 20.9. The Morgan fingerprint density at radius 2 is 1.97 bits per heavy atom. The van der Waals surface area contributed by atoms with Gasteiger partial charge in [0.1, 0.15) is 21.9 Å². The summed E-state index contributed by atoms with van der Waals surface area (Å²) in [5.74, 6) is -0.383. The number of fused-ring (bicyclic) bond motifs is 2. The highest BCUT2D eigenvalue weighted by atomic mass is 79.9. The predicted molar refractivity (Wildman–Crippen MR) is 149 cm³/mol. The lowest BCUT2D eigenvalue weighted by Gasteiger charge is -2.33. The molecule has 2 N–H and O–H groups in total. The van der Waals surface area contributed by atoms with Gasteiger partial charge in [0, 0.05) is 15.8 Å². The molecule has 1 aliphatic heterocycles. The number of nitrogens with one attached hydrogen (secondary N) is 2. The summed E-state index contributed by atoms with van der Waals surface area (Å²) in [6.45, 7) is 6.57. The summed E-state index contributed by atoms with van der Waals surface area (Å²) in [5.41, 5.74) is 1.77. The van der Waals surface area contributed by atoms with Gasteiger partial charge in [-0.1, -0.05) is 60.4 Å². The van der Waals surface area contributed by atoms with Crippen molar-refractivity contribution in [1.82, 2.24) is 9.78 Å². The fourth-order valence-electron chi connectivity index (χ4n) is 5.34. The van der Waals surface area contributed by atoms with Crippen LogP contribution in [0.3, 0.4) is 0 Å². The molecule has 0 fully saturated rings. The van der Waals surface area contributed by atoms with Gasteiger partial charge in [0.15, 0.2) is 11.7 Å². The number of thiophene rings is 1. The molecule has 0 unspecified atom stereocenters. The van der Waals surface area contributed by atoms with Crippen LogP contribution in [0.25, 0.3) is 0 Å². The first-order valence-electron chi connectivity index (χ1n) is 12.5. The molecule has 12 heteroatoms. The third-order valence-electron chi connectivity index (χ3n) is 7.61. The Bertz CT molecular complexity index is 1470. The average Bonchev–Trinajstić information content (AvgIpc) is 3.39. The molecule has 1 aromatic carbocycles. The average molecular weight is 641 g/mol. The zero-order valence-electron chi connectivity index (χ0n) is 21.4. The first-order valence-corrected chi connectivity index (χ1v) is 14.5. The van der Waals surface area contributed by atoms with Crippen LogP contribution < -0.4 is 10.6 Å². The van der Waals surface area contributed by atoms with Gasteiger partial charge in [0.25, 0.3) is 5.91 Å². The van der Waals surface area contributed by atoms with E-state index >= 15 is 0 Å². The Morgan fingerprint density at radius 1 is 1.28 bits per heavy atom. The lowest BCUT2D eigenvalue weighted by atomic mass is 9.72. The van der Waals surface area contributed by atoms with Gasteiger partial charge in [-0.3, -0.25) is 4.79 Å². The van der Waals surface area contributed by atoms with Gasteiger partial charge in [-0.25, -0.2) is 4.68 Å². The molecule has 1 amide bonds. The van der Waals surface area contributed by atoms with E-state index in [0.717, 1.165) is 38.9 Å². The number of carbonyl (C=O) groups is 1. The van der Waals surface area contributed by atoms with Gasteiger partial charge in [0.2, 0.25) is 0 Å². The number of hydrogen-bond acceptors (Lipinski definition) is 5. The molecule has 3 atom stereocenters. The van der Waals surface area contributed by atoms with Crippen LogP contribution in [0.1, 0.15) is 77.8 Å². The second kappa shape index (κ2) is 10.1. The number of carbonyl (C=O) groups excluding carboxylic acids is 1. The van der Waals surface area contributed by atoms with Crippen LogP contribution in [-0.2, 0) is 12.8 Å². The van der Waals surface area contributed by atoms with Crippen LogP contribution >= 0.6 is 38.9 Å². The number of nitriles is 1. The van der Waals surface area contributed by atoms with E-state index in [9.17, 15) is 23.2 Å². The summed E-state index contributed by atoms with van der Waals surface area (Å²) in [4.78, 5) is 14.4. The van der Waals surface area contributed by atoms with Crippen molar-refractivity contribution in [2.75, 3.05) is 10.6 Å². The van der Waals surface area contributed by atoms with Crippen LogP contribution in [0.5, 0.6) is 0 Å². The van der Waals surface area contributed by atoms with E-state index in [-0.39, 0.29) is 28.4 Å². The van der Waals surface area contributed by atoms with Crippen LogP contribution in [-0.4, -0.2) is 21.9 Å². The van der Waals surface area contributed by atoms with Crippen molar-refractivity contribution in [2.45, 2.75) is 64.7 Å². The summed E-state index contributed by atoms with van der Waals surface area (Å²) in [5, 5.41) is 19.8. The molecule has 0 spiro atoms. The number of alkyl halides is 3. The predicted octanol–water partition coefficient (Wildman–Crippen LogP) is 8.30. The number of rotatable bonds is 3. The molecule has 3 aromatic rings. The van der Waals surface area contributed by atoms with E-state index in [4.69, 9.17) is 11.6 Å². The number of hydrogen-bond donors (Lipinski definition) is 2. The SMILES string of the molecule is CC(C)(C)[C@H]1CCc2c(sc(NC(=O)c3nn4c(c3Cl)N[C@@H](c3ccc(Br)cc3)C[C@@H]4C(F)(F)F)c2C#N)C1. The highest BCUT2D eigenvalue weighted by molar-refractivity contribution is 9.10. The van der Waals surface area contributed by atoms with Crippen molar-refractivity contribution in [3.63, 3.8) is 0 Å². The van der Waals surface area contributed by atoms with Crippen LogP contribution in [0, 0.1) is 22.7 Å². The minimum atomic E-state index is -4.61. The number of anilines is 2. The van der Waals surface area contributed by atoms with Crippen LogP contribution in [0.15, 0.2) is 28.7 Å². The highest BCUT2D eigenvalue weighted by Crippen LogP contribution is 2.47. The minimum Gasteiger partial charge on any atom is -0.362 e. The zero-order chi connectivity index (χ0) is 28.3. The lowest BCUT2D eigenvalue weighted by molar-refractivity contribution is -0.173. The molecule has 3 heterocycles. The maximum absolute atomic E-state index is 14.1. The summed E-state index contributed by atoms with van der Waals surface area (Å²) < 4.78 is 44.0. The molecule has 5 rings (SSSR count). The molecule has 0 saturated carbocycles. The Balaban J connectivity index is 1.46. The molecule has 2 aromatic heterocycles. The largest absolute Gasteiger partial charge is 0.410 e. The maximum Gasteiger partial charge on any atom is 0.410 e. The number of aromatic nitrogens is 2. The quantitative estimate of drug-likeness (QED) is 0.302. The fourth-order valence-corrected chi connectivity index (χ4v) is 7.14. The zero-order valence-corrected chi connectivity index (χ0v) is 24.6. The van der Waals surface area contributed by atoms with E-state index in [1.54, 1.807) is 24.3 Å². The van der Waals surface area contributed by atoms with E-state index in [0.29, 0.717) is 22.0 Å². The van der Waals surface area contributed by atoms with Gasteiger partial charge in [-0.2, -0.15) is 23.5 Å². The topological polar surface area (TPSA) is 82.7 Å². The maximum atomic E-state index is 14.1. The van der Waals surface area contributed by atoms with E-state index < -0.39 is 24.2 Å². The number of nitrogens with zero attached hydrogens (tertiary/aromatic N) is 3. The number of amides is 1. The molecule has 2 aliphatic rings. The smallest absolute Gasteiger partial charge is 0.362 e. The van der Waals surface area contributed by atoms with Crippen molar-refractivity contribution in [3.05, 3.63) is 61.0 Å². The highest BCUT2D eigenvalue weighted by Gasteiger charge is 2.48. The third kappa shape index (κ3) is 5.31. The molecule has 0 bridgehead atoms. The van der Waals surface area contributed by atoms with Crippen molar-refractivity contribution < 1.29 is 18.0 Å².